The molecule has 5 heteroatoms. The fourth-order valence-corrected chi connectivity index (χ4v) is 5.04. The summed E-state index contributed by atoms with van der Waals surface area (Å²) < 4.78 is 5.78. The minimum Gasteiger partial charge on any atom is -0.492 e. The standard InChI is InChI=1S/C26H33ClN2O2/c27-23-12-5-7-14-25(23)31-18-8-17-28-19-22-16-15-20-9-4-6-13-24(20)29(22)26(30)21-10-2-1-3-11-21/h4-7,9,12-14,21-22,28H,1-3,8,10-11,15-19H2. The van der Waals surface area contributed by atoms with E-state index < -0.39 is 0 Å². The van der Waals surface area contributed by atoms with Gasteiger partial charge in [-0.15, -0.1) is 0 Å². The number of hydrogen-bond donors (Lipinski definition) is 1. The van der Waals surface area contributed by atoms with Crippen LogP contribution in [0.2, 0.25) is 5.02 Å². The molecule has 4 rings (SSSR count). The highest BCUT2D eigenvalue weighted by Crippen LogP contribution is 2.34. The van der Waals surface area contributed by atoms with E-state index in [1.807, 2.05) is 24.3 Å². The molecule has 1 aliphatic heterocycles. The van der Waals surface area contributed by atoms with Crippen molar-refractivity contribution in [2.75, 3.05) is 24.6 Å². The van der Waals surface area contributed by atoms with E-state index in [-0.39, 0.29) is 12.0 Å². The summed E-state index contributed by atoms with van der Waals surface area (Å²) in [5.74, 6) is 1.25. The van der Waals surface area contributed by atoms with Crippen molar-refractivity contribution in [1.82, 2.24) is 5.32 Å². The number of aryl methyl sites for hydroxylation is 1. The summed E-state index contributed by atoms with van der Waals surface area (Å²) in [5, 5.41) is 4.21. The fraction of sp³-hybridized carbons (Fsp3) is 0.500. The number of amides is 1. The monoisotopic (exact) mass is 440 g/mol. The summed E-state index contributed by atoms with van der Waals surface area (Å²) in [4.78, 5) is 15.6. The molecule has 0 bridgehead atoms. The van der Waals surface area contributed by atoms with Gasteiger partial charge in [-0.3, -0.25) is 4.79 Å². The second-order valence-electron chi connectivity index (χ2n) is 8.70. The summed E-state index contributed by atoms with van der Waals surface area (Å²) in [5.41, 5.74) is 2.43. The average Bonchev–Trinajstić information content (AvgIpc) is 2.82. The van der Waals surface area contributed by atoms with Crippen LogP contribution in [0.3, 0.4) is 0 Å². The second-order valence-corrected chi connectivity index (χ2v) is 9.11. The number of ether oxygens (including phenoxy) is 1. The Labute approximate surface area is 190 Å². The Bertz CT molecular complexity index is 866. The molecule has 0 radical (unpaired) electrons. The third-order valence-electron chi connectivity index (χ3n) is 6.53. The lowest BCUT2D eigenvalue weighted by Crippen LogP contribution is -2.51. The third kappa shape index (κ3) is 5.61. The zero-order valence-electron chi connectivity index (χ0n) is 18.2. The molecule has 166 valence electrons. The molecule has 1 amide bonds. The van der Waals surface area contributed by atoms with Crippen molar-refractivity contribution in [3.8, 4) is 5.75 Å². The fourth-order valence-electron chi connectivity index (χ4n) is 4.85. The number of hydrogen-bond acceptors (Lipinski definition) is 3. The van der Waals surface area contributed by atoms with Crippen molar-refractivity contribution in [3.63, 3.8) is 0 Å². The molecule has 31 heavy (non-hydrogen) atoms. The van der Waals surface area contributed by atoms with Gasteiger partial charge in [0.1, 0.15) is 5.75 Å². The van der Waals surface area contributed by atoms with Gasteiger partial charge in [-0.25, -0.2) is 0 Å². The van der Waals surface area contributed by atoms with Crippen molar-refractivity contribution in [2.24, 2.45) is 5.92 Å². The maximum atomic E-state index is 13.5. The van der Waals surface area contributed by atoms with Crippen LogP contribution in [0.15, 0.2) is 48.5 Å². The first-order chi connectivity index (χ1) is 15.2. The van der Waals surface area contributed by atoms with Crippen LogP contribution in [0.5, 0.6) is 5.75 Å². The Morgan fingerprint density at radius 1 is 1.03 bits per heavy atom. The number of halogens is 1. The predicted octanol–water partition coefficient (Wildman–Crippen LogP) is 5.63. The topological polar surface area (TPSA) is 41.6 Å². The molecular formula is C26H33ClN2O2. The van der Waals surface area contributed by atoms with Crippen molar-refractivity contribution < 1.29 is 9.53 Å². The minimum absolute atomic E-state index is 0.187. The molecule has 1 aliphatic carbocycles. The maximum Gasteiger partial charge on any atom is 0.230 e. The lowest BCUT2D eigenvalue weighted by molar-refractivity contribution is -0.123. The first kappa shape index (κ1) is 22.2. The van der Waals surface area contributed by atoms with Crippen LogP contribution in [-0.4, -0.2) is 31.6 Å². The van der Waals surface area contributed by atoms with E-state index in [4.69, 9.17) is 16.3 Å². The van der Waals surface area contributed by atoms with E-state index in [0.29, 0.717) is 17.5 Å². The number of nitrogens with one attached hydrogen (secondary N) is 1. The Morgan fingerprint density at radius 3 is 2.65 bits per heavy atom. The van der Waals surface area contributed by atoms with Gasteiger partial charge < -0.3 is 15.0 Å². The van der Waals surface area contributed by atoms with E-state index in [1.165, 1.54) is 24.8 Å². The zero-order chi connectivity index (χ0) is 21.5. The van der Waals surface area contributed by atoms with Gasteiger partial charge in [0, 0.05) is 24.2 Å². The Kier molecular flexibility index (Phi) is 7.87. The van der Waals surface area contributed by atoms with Crippen LogP contribution < -0.4 is 15.0 Å². The summed E-state index contributed by atoms with van der Waals surface area (Å²) >= 11 is 6.14. The van der Waals surface area contributed by atoms with E-state index >= 15 is 0 Å². The molecule has 1 atom stereocenters. The van der Waals surface area contributed by atoms with E-state index in [9.17, 15) is 4.79 Å². The molecule has 1 saturated carbocycles. The summed E-state index contributed by atoms with van der Waals surface area (Å²) in [6.45, 7) is 2.29. The van der Waals surface area contributed by atoms with Crippen LogP contribution in [-0.2, 0) is 11.2 Å². The first-order valence-electron chi connectivity index (χ1n) is 11.7. The van der Waals surface area contributed by atoms with Gasteiger partial charge in [0.15, 0.2) is 0 Å². The molecule has 2 aliphatic rings. The van der Waals surface area contributed by atoms with Crippen molar-refractivity contribution in [2.45, 2.75) is 57.4 Å². The van der Waals surface area contributed by atoms with Crippen molar-refractivity contribution in [1.29, 1.82) is 0 Å². The molecule has 0 aromatic heterocycles. The first-order valence-corrected chi connectivity index (χ1v) is 12.1. The largest absolute Gasteiger partial charge is 0.492 e. The molecule has 1 N–H and O–H groups in total. The molecule has 1 unspecified atom stereocenters. The summed E-state index contributed by atoms with van der Waals surface area (Å²) in [6.07, 6.45) is 8.65. The maximum absolute atomic E-state index is 13.5. The third-order valence-corrected chi connectivity index (χ3v) is 6.84. The summed E-state index contributed by atoms with van der Waals surface area (Å²) in [7, 11) is 0. The highest BCUT2D eigenvalue weighted by molar-refractivity contribution is 6.32. The molecule has 1 heterocycles. The van der Waals surface area contributed by atoms with Crippen LogP contribution in [0, 0.1) is 5.92 Å². The van der Waals surface area contributed by atoms with Gasteiger partial charge in [-0.05, 0) is 62.4 Å². The SMILES string of the molecule is O=C(C1CCCCC1)N1c2ccccc2CCC1CNCCCOc1ccccc1Cl. The number of carbonyl (C=O) groups is 1. The predicted molar refractivity (Wildman–Crippen MR) is 127 cm³/mol. The van der Waals surface area contributed by atoms with Gasteiger partial charge in [0.05, 0.1) is 11.6 Å². The van der Waals surface area contributed by atoms with Gasteiger partial charge in [-0.2, -0.15) is 0 Å². The molecular weight excluding hydrogens is 408 g/mol. The lowest BCUT2D eigenvalue weighted by atomic mass is 9.86. The van der Waals surface area contributed by atoms with E-state index in [0.717, 1.165) is 56.6 Å². The lowest BCUT2D eigenvalue weighted by Gasteiger charge is -2.40. The number of fused-ring (bicyclic) bond motifs is 1. The number of para-hydroxylation sites is 2. The van der Waals surface area contributed by atoms with Gasteiger partial charge in [-0.1, -0.05) is 61.2 Å². The Morgan fingerprint density at radius 2 is 1.81 bits per heavy atom. The Hall–Kier alpha value is -2.04. The van der Waals surface area contributed by atoms with Gasteiger partial charge in [0.25, 0.3) is 0 Å². The normalized spacial score (nSPS) is 19.1. The van der Waals surface area contributed by atoms with Crippen LogP contribution in [0.25, 0.3) is 0 Å². The number of benzene rings is 2. The molecule has 0 saturated heterocycles. The Balaban J connectivity index is 1.32. The zero-order valence-corrected chi connectivity index (χ0v) is 18.9. The van der Waals surface area contributed by atoms with Crippen LogP contribution in [0.1, 0.15) is 50.5 Å². The van der Waals surface area contributed by atoms with E-state index in [2.05, 4.69) is 34.5 Å². The molecule has 0 spiro atoms. The second kappa shape index (κ2) is 11.0. The number of carbonyl (C=O) groups excluding carboxylic acids is 1. The minimum atomic E-state index is 0.187. The van der Waals surface area contributed by atoms with Gasteiger partial charge in [0.2, 0.25) is 5.91 Å². The van der Waals surface area contributed by atoms with E-state index in [1.54, 1.807) is 0 Å². The molecule has 2 aromatic rings. The smallest absolute Gasteiger partial charge is 0.230 e. The molecule has 1 fully saturated rings. The molecule has 2 aromatic carbocycles. The number of anilines is 1. The molecule has 4 nitrogen and oxygen atoms in total. The highest BCUT2D eigenvalue weighted by atomic mass is 35.5. The quantitative estimate of drug-likeness (QED) is 0.541. The van der Waals surface area contributed by atoms with Crippen molar-refractivity contribution >= 4 is 23.2 Å². The summed E-state index contributed by atoms with van der Waals surface area (Å²) in [6, 6.07) is 16.2. The number of rotatable bonds is 8. The van der Waals surface area contributed by atoms with Gasteiger partial charge >= 0.3 is 0 Å². The average molecular weight is 441 g/mol. The highest BCUT2D eigenvalue weighted by Gasteiger charge is 2.34. The van der Waals surface area contributed by atoms with Crippen molar-refractivity contribution in [3.05, 3.63) is 59.1 Å². The van der Waals surface area contributed by atoms with Crippen LogP contribution in [0.4, 0.5) is 5.69 Å². The van der Waals surface area contributed by atoms with Crippen LogP contribution >= 0.6 is 11.6 Å². The number of nitrogens with zero attached hydrogens (tertiary/aromatic N) is 1.